The first kappa shape index (κ1) is 34.9. The molecule has 0 amide bonds. The number of rotatable bonds is 9. The van der Waals surface area contributed by atoms with Gasteiger partial charge in [-0.05, 0) is 78.7 Å². The molecule has 254 valence electrons. The van der Waals surface area contributed by atoms with E-state index in [0.29, 0.717) is 12.0 Å². The summed E-state index contributed by atoms with van der Waals surface area (Å²) in [6.45, 7) is 2.04. The van der Waals surface area contributed by atoms with E-state index >= 15 is 0 Å². The van der Waals surface area contributed by atoms with Crippen LogP contribution < -0.4 is 9.47 Å². The fourth-order valence-electron chi connectivity index (χ4n) is 4.93. The van der Waals surface area contributed by atoms with Crippen molar-refractivity contribution in [3.8, 4) is 39.5 Å². The van der Waals surface area contributed by atoms with Crippen molar-refractivity contribution in [3.63, 3.8) is 0 Å². The summed E-state index contributed by atoms with van der Waals surface area (Å²) in [5.74, 6) is -21.4. The van der Waals surface area contributed by atoms with Gasteiger partial charge in [0.1, 0.15) is 5.75 Å². The second-order valence-electron chi connectivity index (χ2n) is 10.8. The number of methoxy groups -OCH3 is 1. The van der Waals surface area contributed by atoms with Crippen LogP contribution >= 0.6 is 23.5 Å². The Kier molecular flexibility index (Phi) is 10.1. The molecule has 0 N–H and O–H groups in total. The molecule has 0 spiro atoms. The Hall–Kier alpha value is -4.94. The van der Waals surface area contributed by atoms with E-state index in [4.69, 9.17) is 4.74 Å². The second-order valence-corrected chi connectivity index (χ2v) is 13.1. The highest BCUT2D eigenvalue weighted by atomic mass is 32.2. The van der Waals surface area contributed by atoms with Gasteiger partial charge in [-0.2, -0.15) is 17.6 Å². The summed E-state index contributed by atoms with van der Waals surface area (Å²) in [7, 11) is 0.683. The lowest BCUT2D eigenvalue weighted by molar-refractivity contribution is 0.332. The van der Waals surface area contributed by atoms with Gasteiger partial charge in [0, 0.05) is 19.6 Å². The van der Waals surface area contributed by atoms with E-state index < -0.39 is 69.2 Å². The Morgan fingerprint density at radius 1 is 0.400 bits per heavy atom. The molecule has 0 radical (unpaired) electrons. The highest BCUT2D eigenvalue weighted by Gasteiger charge is 2.35. The van der Waals surface area contributed by atoms with Gasteiger partial charge in [0.2, 0.25) is 29.0 Å². The van der Waals surface area contributed by atoms with E-state index in [0.717, 1.165) is 25.8 Å². The highest BCUT2D eigenvalue weighted by Crippen LogP contribution is 2.43. The molecular weight excluding hydrogens is 705 g/mol. The quantitative estimate of drug-likeness (QED) is 0.109. The van der Waals surface area contributed by atoms with E-state index in [2.05, 4.69) is 41.1 Å². The van der Waals surface area contributed by atoms with Crippen molar-refractivity contribution in [2.24, 2.45) is 0 Å². The van der Waals surface area contributed by atoms with E-state index in [1.54, 1.807) is 11.8 Å². The number of hydrogen-bond donors (Lipinski definition) is 0. The van der Waals surface area contributed by atoms with Crippen LogP contribution in [-0.2, 0) is 0 Å². The Morgan fingerprint density at radius 3 is 1.08 bits per heavy atom. The fraction of sp³-hybridized carbons (Fsp3) is 0.0526. The third-order valence-corrected chi connectivity index (χ3v) is 9.51. The maximum Gasteiger partial charge on any atom is 0.205 e. The van der Waals surface area contributed by atoms with Crippen LogP contribution in [0.15, 0.2) is 117 Å². The molecule has 0 fully saturated rings. The number of hydrogen-bond acceptors (Lipinski definition) is 4. The average molecular weight is 727 g/mol. The van der Waals surface area contributed by atoms with Gasteiger partial charge >= 0.3 is 0 Å². The van der Waals surface area contributed by atoms with E-state index in [1.165, 1.54) is 41.6 Å². The molecule has 0 saturated carbocycles. The first-order valence-electron chi connectivity index (χ1n) is 14.6. The van der Waals surface area contributed by atoms with E-state index in [9.17, 15) is 35.1 Å². The normalized spacial score (nSPS) is 11.2. The lowest BCUT2D eigenvalue weighted by atomic mass is 10.0. The summed E-state index contributed by atoms with van der Waals surface area (Å²) in [4.78, 5) is 3.82. The lowest BCUT2D eigenvalue weighted by Gasteiger charge is -2.15. The molecule has 6 rings (SSSR count). The predicted octanol–water partition coefficient (Wildman–Crippen LogP) is 12.5. The van der Waals surface area contributed by atoms with Crippen molar-refractivity contribution in [3.05, 3.63) is 149 Å². The maximum atomic E-state index is 15.0. The Balaban J connectivity index is 1.15. The van der Waals surface area contributed by atoms with Gasteiger partial charge in [-0.15, -0.1) is 0 Å². The smallest absolute Gasteiger partial charge is 0.205 e. The minimum Gasteiger partial charge on any atom is -0.491 e. The molecule has 6 aromatic rings. The van der Waals surface area contributed by atoms with Crippen LogP contribution in [0.4, 0.5) is 35.1 Å². The van der Waals surface area contributed by atoms with Crippen molar-refractivity contribution < 1.29 is 44.6 Å². The van der Waals surface area contributed by atoms with Crippen LogP contribution in [-0.4, -0.2) is 7.11 Å². The Bertz CT molecular complexity index is 2130. The van der Waals surface area contributed by atoms with Crippen LogP contribution in [0.2, 0.25) is 0 Å². The molecule has 0 unspecified atom stereocenters. The van der Waals surface area contributed by atoms with Gasteiger partial charge in [0.15, 0.2) is 29.0 Å². The molecule has 0 bridgehead atoms. The predicted molar refractivity (Wildman–Crippen MR) is 176 cm³/mol. The molecular formula is C38H22F8O2S2. The maximum absolute atomic E-state index is 15.0. The number of aryl methyl sites for hydroxylation is 1. The Morgan fingerprint density at radius 2 is 0.720 bits per heavy atom. The molecule has 6 aromatic carbocycles. The van der Waals surface area contributed by atoms with Gasteiger partial charge < -0.3 is 9.47 Å². The van der Waals surface area contributed by atoms with E-state index in [1.807, 2.05) is 43.3 Å². The largest absolute Gasteiger partial charge is 0.491 e. The zero-order chi connectivity index (χ0) is 35.7. The average Bonchev–Trinajstić information content (AvgIpc) is 3.12. The highest BCUT2D eigenvalue weighted by molar-refractivity contribution is 7.99. The second kappa shape index (κ2) is 14.5. The zero-order valence-electron chi connectivity index (χ0n) is 25.9. The van der Waals surface area contributed by atoms with Crippen molar-refractivity contribution in [1.82, 2.24) is 0 Å². The molecule has 0 aliphatic heterocycles. The van der Waals surface area contributed by atoms with Gasteiger partial charge in [0.05, 0.1) is 18.2 Å². The van der Waals surface area contributed by atoms with Gasteiger partial charge in [0.25, 0.3) is 0 Å². The summed E-state index contributed by atoms with van der Waals surface area (Å²) >= 11 is 3.04. The molecule has 0 aliphatic rings. The number of ether oxygens (including phenoxy) is 2. The molecule has 50 heavy (non-hydrogen) atoms. The van der Waals surface area contributed by atoms with Crippen LogP contribution in [0.1, 0.15) is 5.56 Å². The standard InChI is InChI=1S/C38H22F8O2S2/c1-19-3-11-23(12-4-19)49-24-13-5-20(6-14-24)21-7-15-25(16-8-21)50-26-17-9-22(10-18-26)48-38-35(45)31(41)28(32(42)36(38)46)27-29(39)33(43)37(47-2)34(44)30(27)40/h3-18H,1-2H3. The third kappa shape index (κ3) is 6.90. The minimum absolute atomic E-state index is 0.239. The summed E-state index contributed by atoms with van der Waals surface area (Å²) in [5.41, 5.74) is -0.759. The summed E-state index contributed by atoms with van der Waals surface area (Å²) in [6.07, 6.45) is 0. The molecule has 0 aromatic heterocycles. The summed E-state index contributed by atoms with van der Waals surface area (Å²) < 4.78 is 127. The van der Waals surface area contributed by atoms with Crippen LogP contribution in [0.5, 0.6) is 17.2 Å². The topological polar surface area (TPSA) is 18.5 Å². The monoisotopic (exact) mass is 726 g/mol. The molecule has 0 saturated heterocycles. The molecule has 0 heterocycles. The van der Waals surface area contributed by atoms with Crippen molar-refractivity contribution in [1.29, 1.82) is 0 Å². The molecule has 12 heteroatoms. The zero-order valence-corrected chi connectivity index (χ0v) is 27.5. The fourth-order valence-corrected chi connectivity index (χ4v) is 6.57. The number of benzene rings is 6. The van der Waals surface area contributed by atoms with Crippen molar-refractivity contribution in [2.75, 3.05) is 7.11 Å². The number of halogens is 8. The van der Waals surface area contributed by atoms with E-state index in [-0.39, 0.29) is 5.75 Å². The van der Waals surface area contributed by atoms with Crippen LogP contribution in [0.3, 0.4) is 0 Å². The molecule has 0 aliphatic carbocycles. The van der Waals surface area contributed by atoms with Crippen LogP contribution in [0.25, 0.3) is 22.3 Å². The van der Waals surface area contributed by atoms with Gasteiger partial charge in [-0.3, -0.25) is 0 Å². The van der Waals surface area contributed by atoms with Gasteiger partial charge in [-0.25, -0.2) is 17.6 Å². The molecule has 0 atom stereocenters. The SMILES string of the molecule is COc1c(F)c(F)c(-c2c(F)c(F)c(Oc3ccc(Sc4ccc(-c5ccc(Sc6ccc(C)cc6)cc5)cc4)cc3)c(F)c2F)c(F)c1F. The minimum atomic E-state index is -2.34. The van der Waals surface area contributed by atoms with Crippen LogP contribution in [0, 0.1) is 53.5 Å². The molecule has 2 nitrogen and oxygen atoms in total. The first-order valence-corrected chi connectivity index (χ1v) is 16.3. The lowest BCUT2D eigenvalue weighted by Crippen LogP contribution is -2.09. The first-order chi connectivity index (χ1) is 24.0. The summed E-state index contributed by atoms with van der Waals surface area (Å²) in [6, 6.07) is 29.9. The third-order valence-electron chi connectivity index (χ3n) is 7.48. The van der Waals surface area contributed by atoms with Crippen molar-refractivity contribution >= 4 is 23.5 Å². The Labute approximate surface area is 289 Å². The van der Waals surface area contributed by atoms with Gasteiger partial charge in [-0.1, -0.05) is 65.5 Å². The van der Waals surface area contributed by atoms with Crippen molar-refractivity contribution in [2.45, 2.75) is 26.5 Å². The summed E-state index contributed by atoms with van der Waals surface area (Å²) in [5, 5.41) is 0.